The van der Waals surface area contributed by atoms with Gasteiger partial charge in [-0.2, -0.15) is 4.98 Å². The first-order chi connectivity index (χ1) is 13.0. The van der Waals surface area contributed by atoms with Gasteiger partial charge < -0.3 is 20.9 Å². The molecule has 1 aromatic carbocycles. The van der Waals surface area contributed by atoms with Crippen LogP contribution in [0.2, 0.25) is 5.02 Å². The van der Waals surface area contributed by atoms with E-state index in [1.54, 1.807) is 12.1 Å². The highest BCUT2D eigenvalue weighted by Crippen LogP contribution is 2.26. The molecule has 0 aliphatic heterocycles. The molecule has 0 aliphatic rings. The third kappa shape index (κ3) is 4.78. The van der Waals surface area contributed by atoms with Gasteiger partial charge >= 0.3 is 0 Å². The van der Waals surface area contributed by atoms with E-state index >= 15 is 0 Å². The predicted octanol–water partition coefficient (Wildman–Crippen LogP) is 3.39. The molecule has 8 nitrogen and oxygen atoms in total. The Labute approximate surface area is 163 Å². The van der Waals surface area contributed by atoms with Gasteiger partial charge in [-0.15, -0.1) is 0 Å². The zero-order valence-electron chi connectivity index (χ0n) is 15.8. The topological polar surface area (TPSA) is 108 Å². The smallest absolute Gasteiger partial charge is 0.231 e. The first kappa shape index (κ1) is 19.2. The second-order valence-corrected chi connectivity index (χ2v) is 6.71. The van der Waals surface area contributed by atoms with Crippen molar-refractivity contribution in [1.82, 2.24) is 24.8 Å². The number of nitrogen functional groups attached to an aromatic ring is 1. The maximum absolute atomic E-state index is 6.04. The molecule has 0 saturated heterocycles. The lowest BCUT2D eigenvalue weighted by atomic mass is 10.3. The summed E-state index contributed by atoms with van der Waals surface area (Å²) < 4.78 is 0. The van der Waals surface area contributed by atoms with Crippen LogP contribution in [0.1, 0.15) is 19.5 Å². The van der Waals surface area contributed by atoms with Gasteiger partial charge in [0.05, 0.1) is 11.2 Å². The summed E-state index contributed by atoms with van der Waals surface area (Å²) in [5.41, 5.74) is 8.77. The van der Waals surface area contributed by atoms with Gasteiger partial charge in [0.25, 0.3) is 0 Å². The van der Waals surface area contributed by atoms with E-state index in [-0.39, 0.29) is 0 Å². The molecule has 0 amide bonds. The minimum atomic E-state index is 0.462. The standard InChI is InChI=1S/C18H25ClN8/c1-4-27(5-2)7-6-21-15-8-11(3)22-17(24-15)26-18-23-14-10-12(19)9-13(20)16(14)25-18/h8-10H,4-7,20H2,1-3H3,(H3,21,22,23,24,25,26). The molecule has 0 saturated carbocycles. The zero-order valence-corrected chi connectivity index (χ0v) is 16.6. The fraction of sp³-hybridized carbons (Fsp3) is 0.389. The van der Waals surface area contributed by atoms with Crippen molar-refractivity contribution >= 4 is 46.0 Å². The molecule has 9 heteroatoms. The third-order valence-electron chi connectivity index (χ3n) is 4.29. The highest BCUT2D eigenvalue weighted by atomic mass is 35.5. The maximum Gasteiger partial charge on any atom is 0.231 e. The van der Waals surface area contributed by atoms with Crippen molar-refractivity contribution < 1.29 is 0 Å². The number of halogens is 1. The Bertz CT molecular complexity index is 919. The predicted molar refractivity (Wildman–Crippen MR) is 112 cm³/mol. The number of fused-ring (bicyclic) bond motifs is 1. The van der Waals surface area contributed by atoms with Gasteiger partial charge in [-0.05, 0) is 32.1 Å². The number of aromatic nitrogens is 4. The summed E-state index contributed by atoms with van der Waals surface area (Å²) in [6.45, 7) is 10.1. The van der Waals surface area contributed by atoms with E-state index in [4.69, 9.17) is 17.3 Å². The molecule has 27 heavy (non-hydrogen) atoms. The van der Waals surface area contributed by atoms with Crippen molar-refractivity contribution in [3.8, 4) is 0 Å². The Hall–Kier alpha value is -2.58. The monoisotopic (exact) mass is 388 g/mol. The van der Waals surface area contributed by atoms with E-state index in [0.29, 0.717) is 28.1 Å². The van der Waals surface area contributed by atoms with E-state index in [0.717, 1.165) is 43.2 Å². The Balaban J connectivity index is 1.73. The minimum absolute atomic E-state index is 0.462. The largest absolute Gasteiger partial charge is 0.397 e. The van der Waals surface area contributed by atoms with Crippen LogP contribution in [-0.2, 0) is 0 Å². The second kappa shape index (κ2) is 8.41. The molecule has 3 rings (SSSR count). The summed E-state index contributed by atoms with van der Waals surface area (Å²) in [5, 5.41) is 7.02. The fourth-order valence-corrected chi connectivity index (χ4v) is 3.10. The number of likely N-dealkylation sites (N-methyl/N-ethyl adjacent to an activating group) is 1. The van der Waals surface area contributed by atoms with Crippen LogP contribution in [0.5, 0.6) is 0 Å². The van der Waals surface area contributed by atoms with Gasteiger partial charge in [-0.25, -0.2) is 9.97 Å². The van der Waals surface area contributed by atoms with E-state index in [2.05, 4.69) is 49.3 Å². The number of hydrogen-bond donors (Lipinski definition) is 4. The van der Waals surface area contributed by atoms with Crippen LogP contribution >= 0.6 is 11.6 Å². The molecule has 2 aromatic heterocycles. The number of aryl methyl sites for hydroxylation is 1. The number of H-pyrrole nitrogens is 1. The van der Waals surface area contributed by atoms with Gasteiger partial charge in [0.15, 0.2) is 0 Å². The van der Waals surface area contributed by atoms with E-state index < -0.39 is 0 Å². The van der Waals surface area contributed by atoms with Crippen LogP contribution in [0.25, 0.3) is 11.0 Å². The lowest BCUT2D eigenvalue weighted by molar-refractivity contribution is 0.316. The van der Waals surface area contributed by atoms with Crippen LogP contribution in [0.15, 0.2) is 18.2 Å². The fourth-order valence-electron chi connectivity index (χ4n) is 2.87. The van der Waals surface area contributed by atoms with Crippen LogP contribution < -0.4 is 16.4 Å². The van der Waals surface area contributed by atoms with Crippen molar-refractivity contribution in [2.75, 3.05) is 42.5 Å². The van der Waals surface area contributed by atoms with E-state index in [1.807, 2.05) is 13.0 Å². The maximum atomic E-state index is 6.04. The van der Waals surface area contributed by atoms with Gasteiger partial charge in [-0.1, -0.05) is 25.4 Å². The molecular formula is C18H25ClN8. The molecule has 2 heterocycles. The number of aromatic amines is 1. The molecule has 0 atom stereocenters. The van der Waals surface area contributed by atoms with E-state index in [9.17, 15) is 0 Å². The normalized spacial score (nSPS) is 11.3. The molecule has 0 spiro atoms. The van der Waals surface area contributed by atoms with Gasteiger partial charge in [-0.3, -0.25) is 5.32 Å². The minimum Gasteiger partial charge on any atom is -0.397 e. The highest BCUT2D eigenvalue weighted by molar-refractivity contribution is 6.31. The van der Waals surface area contributed by atoms with E-state index in [1.165, 1.54) is 0 Å². The average molecular weight is 389 g/mol. The number of nitrogens with zero attached hydrogens (tertiary/aromatic N) is 4. The first-order valence-electron chi connectivity index (χ1n) is 9.02. The summed E-state index contributed by atoms with van der Waals surface area (Å²) in [6.07, 6.45) is 0. The third-order valence-corrected chi connectivity index (χ3v) is 4.51. The number of anilines is 4. The highest BCUT2D eigenvalue weighted by Gasteiger charge is 2.10. The number of hydrogen-bond acceptors (Lipinski definition) is 7. The van der Waals surface area contributed by atoms with Crippen LogP contribution in [0.4, 0.5) is 23.4 Å². The number of nitrogens with one attached hydrogen (secondary N) is 3. The first-order valence-corrected chi connectivity index (χ1v) is 9.40. The molecule has 0 unspecified atom stereocenters. The Morgan fingerprint density at radius 3 is 2.67 bits per heavy atom. The molecule has 5 N–H and O–H groups in total. The quantitative estimate of drug-likeness (QED) is 0.438. The summed E-state index contributed by atoms with van der Waals surface area (Å²) in [6, 6.07) is 5.38. The number of benzene rings is 1. The van der Waals surface area contributed by atoms with Crippen LogP contribution in [-0.4, -0.2) is 51.0 Å². The second-order valence-electron chi connectivity index (χ2n) is 6.27. The van der Waals surface area contributed by atoms with Gasteiger partial charge in [0.2, 0.25) is 11.9 Å². The molecular weight excluding hydrogens is 364 g/mol. The van der Waals surface area contributed by atoms with Crippen LogP contribution in [0, 0.1) is 6.92 Å². The lowest BCUT2D eigenvalue weighted by Gasteiger charge is -2.18. The summed E-state index contributed by atoms with van der Waals surface area (Å²) >= 11 is 6.04. The van der Waals surface area contributed by atoms with Crippen LogP contribution in [0.3, 0.4) is 0 Å². The Kier molecular flexibility index (Phi) is 5.98. The molecule has 0 fully saturated rings. The number of nitrogens with two attached hydrogens (primary N) is 1. The molecule has 0 radical (unpaired) electrons. The molecule has 144 valence electrons. The number of rotatable bonds is 8. The summed E-state index contributed by atoms with van der Waals surface area (Å²) in [4.78, 5) is 18.9. The zero-order chi connectivity index (χ0) is 19.4. The molecule has 3 aromatic rings. The van der Waals surface area contributed by atoms with Crippen molar-refractivity contribution in [2.45, 2.75) is 20.8 Å². The van der Waals surface area contributed by atoms with Crippen molar-refractivity contribution in [1.29, 1.82) is 0 Å². The summed E-state index contributed by atoms with van der Waals surface area (Å²) in [7, 11) is 0. The molecule has 0 aliphatic carbocycles. The van der Waals surface area contributed by atoms with Crippen molar-refractivity contribution in [3.05, 3.63) is 28.9 Å². The van der Waals surface area contributed by atoms with Crippen molar-refractivity contribution in [3.63, 3.8) is 0 Å². The van der Waals surface area contributed by atoms with Gasteiger partial charge in [0, 0.05) is 29.9 Å². The summed E-state index contributed by atoms with van der Waals surface area (Å²) in [5.74, 6) is 1.75. The number of imidazole rings is 1. The van der Waals surface area contributed by atoms with Gasteiger partial charge in [0.1, 0.15) is 11.3 Å². The lowest BCUT2D eigenvalue weighted by Crippen LogP contribution is -2.28. The SMILES string of the molecule is CCN(CC)CCNc1cc(C)nc(Nc2nc3c(N)cc(Cl)cc3[nH]2)n1. The Morgan fingerprint density at radius 1 is 1.15 bits per heavy atom. The van der Waals surface area contributed by atoms with Crippen molar-refractivity contribution in [2.24, 2.45) is 0 Å². The Morgan fingerprint density at radius 2 is 1.93 bits per heavy atom. The molecule has 0 bridgehead atoms. The average Bonchev–Trinajstić information content (AvgIpc) is 3.01.